The van der Waals surface area contributed by atoms with Gasteiger partial charge in [-0.1, -0.05) is 0 Å². The van der Waals surface area contributed by atoms with E-state index >= 15 is 0 Å². The highest BCUT2D eigenvalue weighted by atomic mass is 35.5. The van der Waals surface area contributed by atoms with E-state index in [1.165, 1.54) is 19.4 Å². The van der Waals surface area contributed by atoms with Crippen LogP contribution in [0.15, 0.2) is 0 Å². The van der Waals surface area contributed by atoms with Gasteiger partial charge in [0.15, 0.2) is 0 Å². The number of hydrogen-bond acceptors (Lipinski definition) is 3. The van der Waals surface area contributed by atoms with Crippen LogP contribution in [0.2, 0.25) is 0 Å². The molecule has 2 aliphatic heterocycles. The van der Waals surface area contributed by atoms with E-state index in [4.69, 9.17) is 4.74 Å². The summed E-state index contributed by atoms with van der Waals surface area (Å²) in [4.78, 5) is 2.46. The van der Waals surface area contributed by atoms with E-state index in [1.807, 2.05) is 0 Å². The number of nitrogens with zero attached hydrogens (tertiary/aromatic N) is 1. The smallest absolute Gasteiger partial charge is 0.109 e. The molecule has 2 aliphatic rings. The van der Waals surface area contributed by atoms with Gasteiger partial charge in [-0.25, -0.2) is 0 Å². The Morgan fingerprint density at radius 3 is 2.86 bits per heavy atom. The second kappa shape index (κ2) is 5.91. The van der Waals surface area contributed by atoms with Crippen molar-refractivity contribution in [2.75, 3.05) is 26.7 Å². The Hall–Kier alpha value is 0.170. The second-order valence-electron chi connectivity index (χ2n) is 4.18. The molecule has 14 heavy (non-hydrogen) atoms. The molecule has 0 aromatic rings. The van der Waals surface area contributed by atoms with Crippen molar-refractivity contribution >= 4 is 12.4 Å². The lowest BCUT2D eigenvalue weighted by Gasteiger charge is -2.29. The van der Waals surface area contributed by atoms with Gasteiger partial charge in [0, 0.05) is 19.1 Å². The average molecular weight is 221 g/mol. The first-order valence-corrected chi connectivity index (χ1v) is 5.41. The molecule has 0 spiro atoms. The lowest BCUT2D eigenvalue weighted by atomic mass is 10.1. The van der Waals surface area contributed by atoms with Crippen LogP contribution in [0, 0.1) is 0 Å². The van der Waals surface area contributed by atoms with Crippen LogP contribution in [0.25, 0.3) is 0 Å². The molecule has 84 valence electrons. The standard InChI is InChI=1S/C10H20N2O.ClH/c1-12-6-2-4-9(12)8-10-11-5-3-7-13-10;/h9-11H,2-8H2,1H3;1H. The number of halogens is 1. The molecule has 2 heterocycles. The van der Waals surface area contributed by atoms with Crippen molar-refractivity contribution in [1.29, 1.82) is 0 Å². The van der Waals surface area contributed by atoms with E-state index in [0.717, 1.165) is 32.0 Å². The fraction of sp³-hybridized carbons (Fsp3) is 1.00. The third-order valence-corrected chi connectivity index (χ3v) is 3.17. The molecule has 2 rings (SSSR count). The molecule has 0 amide bonds. The maximum atomic E-state index is 5.65. The summed E-state index contributed by atoms with van der Waals surface area (Å²) in [5, 5.41) is 3.42. The topological polar surface area (TPSA) is 24.5 Å². The molecule has 0 aliphatic carbocycles. The third-order valence-electron chi connectivity index (χ3n) is 3.17. The van der Waals surface area contributed by atoms with Gasteiger partial charge in [-0.2, -0.15) is 0 Å². The Morgan fingerprint density at radius 1 is 1.43 bits per heavy atom. The minimum atomic E-state index is 0. The van der Waals surface area contributed by atoms with Crippen molar-refractivity contribution in [2.24, 2.45) is 0 Å². The first-order chi connectivity index (χ1) is 6.36. The quantitative estimate of drug-likeness (QED) is 0.758. The lowest BCUT2D eigenvalue weighted by molar-refractivity contribution is -0.0149. The van der Waals surface area contributed by atoms with E-state index in [9.17, 15) is 0 Å². The first kappa shape index (κ1) is 12.2. The molecule has 0 aromatic heterocycles. The van der Waals surface area contributed by atoms with Gasteiger partial charge in [-0.3, -0.25) is 5.32 Å². The maximum Gasteiger partial charge on any atom is 0.109 e. The summed E-state index contributed by atoms with van der Waals surface area (Å²) in [5.74, 6) is 0. The van der Waals surface area contributed by atoms with E-state index in [-0.39, 0.29) is 12.4 Å². The van der Waals surface area contributed by atoms with Gasteiger partial charge in [0.05, 0.1) is 0 Å². The maximum absolute atomic E-state index is 5.65. The molecular weight excluding hydrogens is 200 g/mol. The monoisotopic (exact) mass is 220 g/mol. The largest absolute Gasteiger partial charge is 0.363 e. The van der Waals surface area contributed by atoms with E-state index in [2.05, 4.69) is 17.3 Å². The summed E-state index contributed by atoms with van der Waals surface area (Å²) in [6.07, 6.45) is 5.35. The molecule has 2 atom stereocenters. The third kappa shape index (κ3) is 3.09. The average Bonchev–Trinajstić information content (AvgIpc) is 2.54. The Bertz CT molecular complexity index is 162. The highest BCUT2D eigenvalue weighted by molar-refractivity contribution is 5.85. The normalized spacial score (nSPS) is 34.1. The summed E-state index contributed by atoms with van der Waals surface area (Å²) in [5.41, 5.74) is 0. The minimum absolute atomic E-state index is 0. The van der Waals surface area contributed by atoms with Crippen LogP contribution >= 0.6 is 12.4 Å². The number of ether oxygens (including phenoxy) is 1. The van der Waals surface area contributed by atoms with Gasteiger partial charge in [0.25, 0.3) is 0 Å². The number of hydrogen-bond donors (Lipinski definition) is 1. The van der Waals surface area contributed by atoms with Crippen molar-refractivity contribution in [3.05, 3.63) is 0 Å². The van der Waals surface area contributed by atoms with Crippen molar-refractivity contribution in [2.45, 2.75) is 38.0 Å². The zero-order chi connectivity index (χ0) is 9.10. The zero-order valence-corrected chi connectivity index (χ0v) is 9.68. The summed E-state index contributed by atoms with van der Waals surface area (Å²) in [6, 6.07) is 0.746. The molecule has 4 heteroatoms. The van der Waals surface area contributed by atoms with Gasteiger partial charge in [0.1, 0.15) is 6.23 Å². The van der Waals surface area contributed by atoms with E-state index in [1.54, 1.807) is 0 Å². The van der Waals surface area contributed by atoms with Crippen LogP contribution < -0.4 is 5.32 Å². The van der Waals surface area contributed by atoms with Gasteiger partial charge in [-0.15, -0.1) is 12.4 Å². The highest BCUT2D eigenvalue weighted by Gasteiger charge is 2.25. The molecule has 3 nitrogen and oxygen atoms in total. The number of rotatable bonds is 2. The molecule has 2 saturated heterocycles. The predicted octanol–water partition coefficient (Wildman–Crippen LogP) is 1.23. The Kier molecular flexibility index (Phi) is 5.17. The van der Waals surface area contributed by atoms with Crippen LogP contribution in [0.4, 0.5) is 0 Å². The van der Waals surface area contributed by atoms with Crippen LogP contribution in [-0.2, 0) is 4.74 Å². The van der Waals surface area contributed by atoms with Crippen molar-refractivity contribution < 1.29 is 4.74 Å². The van der Waals surface area contributed by atoms with Crippen LogP contribution in [0.1, 0.15) is 25.7 Å². The van der Waals surface area contributed by atoms with Crippen LogP contribution in [0.5, 0.6) is 0 Å². The number of likely N-dealkylation sites (tertiary alicyclic amines) is 1. The van der Waals surface area contributed by atoms with Gasteiger partial charge in [0.2, 0.25) is 0 Å². The molecule has 2 fully saturated rings. The fourth-order valence-corrected chi connectivity index (χ4v) is 2.30. The lowest BCUT2D eigenvalue weighted by Crippen LogP contribution is -2.42. The Balaban J connectivity index is 0.000000980. The van der Waals surface area contributed by atoms with Crippen molar-refractivity contribution in [3.8, 4) is 0 Å². The van der Waals surface area contributed by atoms with Crippen molar-refractivity contribution in [1.82, 2.24) is 10.2 Å². The molecular formula is C10H21ClN2O. The molecule has 1 N–H and O–H groups in total. The molecule has 0 saturated carbocycles. The highest BCUT2D eigenvalue weighted by Crippen LogP contribution is 2.20. The molecule has 2 unspecified atom stereocenters. The first-order valence-electron chi connectivity index (χ1n) is 5.41. The van der Waals surface area contributed by atoms with Gasteiger partial charge in [-0.05, 0) is 39.4 Å². The SMILES string of the molecule is CN1CCCC1CC1NCCCO1.Cl. The zero-order valence-electron chi connectivity index (χ0n) is 8.87. The Labute approximate surface area is 92.6 Å². The Morgan fingerprint density at radius 2 is 2.29 bits per heavy atom. The van der Waals surface area contributed by atoms with Gasteiger partial charge < -0.3 is 9.64 Å². The summed E-state index contributed by atoms with van der Waals surface area (Å²) in [6.45, 7) is 3.33. The minimum Gasteiger partial charge on any atom is -0.363 e. The second-order valence-corrected chi connectivity index (χ2v) is 4.18. The molecule has 0 bridgehead atoms. The number of nitrogens with one attached hydrogen (secondary N) is 1. The summed E-state index contributed by atoms with van der Waals surface area (Å²) < 4.78 is 5.65. The van der Waals surface area contributed by atoms with Crippen LogP contribution in [-0.4, -0.2) is 43.9 Å². The molecule has 0 radical (unpaired) electrons. The van der Waals surface area contributed by atoms with Crippen LogP contribution in [0.3, 0.4) is 0 Å². The van der Waals surface area contributed by atoms with Crippen molar-refractivity contribution in [3.63, 3.8) is 0 Å². The van der Waals surface area contributed by atoms with E-state index < -0.39 is 0 Å². The van der Waals surface area contributed by atoms with Gasteiger partial charge >= 0.3 is 0 Å². The summed E-state index contributed by atoms with van der Waals surface area (Å²) in [7, 11) is 2.22. The van der Waals surface area contributed by atoms with E-state index in [0.29, 0.717) is 6.23 Å². The fourth-order valence-electron chi connectivity index (χ4n) is 2.30. The summed E-state index contributed by atoms with van der Waals surface area (Å²) >= 11 is 0. The predicted molar refractivity (Wildman–Crippen MR) is 59.9 cm³/mol. The molecule has 0 aromatic carbocycles.